The number of carbonyl (C=O) groups is 1. The lowest BCUT2D eigenvalue weighted by Gasteiger charge is -2.37. The Hall–Kier alpha value is -2.89. The van der Waals surface area contributed by atoms with Crippen LogP contribution < -0.4 is 4.74 Å². The first-order valence-electron chi connectivity index (χ1n) is 10.8. The predicted molar refractivity (Wildman–Crippen MR) is 125 cm³/mol. The van der Waals surface area contributed by atoms with Crippen molar-refractivity contribution in [2.45, 2.75) is 72.0 Å². The van der Waals surface area contributed by atoms with Crippen LogP contribution in [0.5, 0.6) is 5.75 Å². The zero-order valence-electron chi connectivity index (χ0n) is 18.0. The number of methoxy groups -OCH3 is 1. The summed E-state index contributed by atoms with van der Waals surface area (Å²) in [7, 11) is 1.66. The molecule has 1 amide bonds. The molecule has 0 radical (unpaired) electrons. The van der Waals surface area contributed by atoms with Crippen LogP contribution in [0.2, 0.25) is 0 Å². The number of benzene rings is 1. The monoisotopic (exact) mass is 422 g/mol. The molecule has 31 heavy (non-hydrogen) atoms. The largest absolute Gasteiger partial charge is 0.496 e. The Morgan fingerprint density at radius 3 is 2.71 bits per heavy atom. The maximum absolute atomic E-state index is 13.4. The molecular weight excluding hydrogens is 388 g/mol. The van der Waals surface area contributed by atoms with Crippen LogP contribution in [0.1, 0.15) is 69.3 Å². The first kappa shape index (κ1) is 22.8. The molecule has 0 bridgehead atoms. The van der Waals surface area contributed by atoms with Crippen molar-refractivity contribution in [3.05, 3.63) is 54.1 Å². The highest BCUT2D eigenvalue weighted by Gasteiger charge is 2.28. The lowest BCUT2D eigenvalue weighted by molar-refractivity contribution is 0.0555. The number of carbonyl (C=O) groups excluding carboxylic acids is 1. The Labute approximate surface area is 185 Å². The van der Waals surface area contributed by atoms with E-state index >= 15 is 0 Å². The van der Waals surface area contributed by atoms with Crippen LogP contribution in [0.3, 0.4) is 0 Å². The summed E-state index contributed by atoms with van der Waals surface area (Å²) in [4.78, 5) is 24.0. The van der Waals surface area contributed by atoms with Gasteiger partial charge in [-0.05, 0) is 44.9 Å². The van der Waals surface area contributed by atoms with Crippen LogP contribution in [-0.4, -0.2) is 44.5 Å². The minimum Gasteiger partial charge on any atom is -0.496 e. The summed E-state index contributed by atoms with van der Waals surface area (Å²) in [5.41, 5.74) is 3.59. The van der Waals surface area contributed by atoms with Gasteiger partial charge in [0.2, 0.25) is 0 Å². The maximum atomic E-state index is 13.4. The van der Waals surface area contributed by atoms with Crippen LogP contribution in [0, 0.1) is 0 Å². The van der Waals surface area contributed by atoms with Crippen LogP contribution in [0.4, 0.5) is 0 Å². The smallest absolute Gasteiger partial charge is 0.254 e. The fourth-order valence-electron chi connectivity index (χ4n) is 4.56. The van der Waals surface area contributed by atoms with Crippen LogP contribution in [0.25, 0.3) is 11.0 Å². The molecule has 0 spiro atoms. The molecule has 1 aliphatic rings. The van der Waals surface area contributed by atoms with Gasteiger partial charge in [0.05, 0.1) is 31.7 Å². The van der Waals surface area contributed by atoms with E-state index in [-0.39, 0.29) is 19.4 Å². The second-order valence-electron chi connectivity index (χ2n) is 8.36. The molecule has 4 rings (SSSR count). The van der Waals surface area contributed by atoms with Crippen LogP contribution in [-0.2, 0) is 6.54 Å². The molecule has 0 aliphatic heterocycles. The standard InChI is InChI=1S/C24H30N4O2.CH4/c1-17(2)28(20-7-5-4-6-8-20)24(29)18-9-10-19(23(13-18)30-3)15-27-16-26-21-14-25-12-11-22(21)27;/h9-14,16-17,20H,4-8,15H2,1-3H3;1H4. The Balaban J connectivity index is 0.00000272. The zero-order valence-corrected chi connectivity index (χ0v) is 18.0. The van der Waals surface area contributed by atoms with Gasteiger partial charge in [-0.25, -0.2) is 4.98 Å². The highest BCUT2D eigenvalue weighted by molar-refractivity contribution is 5.95. The number of ether oxygens (including phenoxy) is 1. The lowest BCUT2D eigenvalue weighted by atomic mass is 9.92. The number of rotatable bonds is 6. The highest BCUT2D eigenvalue weighted by Crippen LogP contribution is 2.28. The summed E-state index contributed by atoms with van der Waals surface area (Å²) in [6.07, 6.45) is 11.2. The number of nitrogens with zero attached hydrogens (tertiary/aromatic N) is 4. The lowest BCUT2D eigenvalue weighted by Crippen LogP contribution is -2.45. The van der Waals surface area contributed by atoms with Gasteiger partial charge in [-0.2, -0.15) is 0 Å². The molecule has 3 aromatic rings. The number of amides is 1. The highest BCUT2D eigenvalue weighted by atomic mass is 16.5. The molecule has 0 saturated heterocycles. The summed E-state index contributed by atoms with van der Waals surface area (Å²) in [5, 5.41) is 0. The molecule has 1 saturated carbocycles. The molecule has 0 unspecified atom stereocenters. The SMILES string of the molecule is C.COc1cc(C(=O)N(C(C)C)C2CCCCC2)ccc1Cn1cnc2cnccc21. The molecule has 1 fully saturated rings. The molecule has 166 valence electrons. The summed E-state index contributed by atoms with van der Waals surface area (Å²) < 4.78 is 7.73. The van der Waals surface area contributed by atoms with E-state index in [1.807, 2.05) is 30.6 Å². The molecule has 0 N–H and O–H groups in total. The van der Waals surface area contributed by atoms with E-state index < -0.39 is 0 Å². The van der Waals surface area contributed by atoms with Gasteiger partial charge >= 0.3 is 0 Å². The van der Waals surface area contributed by atoms with Crippen molar-refractivity contribution < 1.29 is 9.53 Å². The second kappa shape index (κ2) is 9.94. The molecule has 1 aliphatic carbocycles. The fourth-order valence-corrected chi connectivity index (χ4v) is 4.56. The van der Waals surface area contributed by atoms with Crippen LogP contribution in [0.15, 0.2) is 43.0 Å². The van der Waals surface area contributed by atoms with Gasteiger partial charge < -0.3 is 14.2 Å². The van der Waals surface area contributed by atoms with E-state index in [4.69, 9.17) is 4.74 Å². The van der Waals surface area contributed by atoms with E-state index in [0.717, 1.165) is 35.2 Å². The topological polar surface area (TPSA) is 60.2 Å². The summed E-state index contributed by atoms with van der Waals surface area (Å²) >= 11 is 0. The van der Waals surface area contributed by atoms with Crippen molar-refractivity contribution in [1.82, 2.24) is 19.4 Å². The minimum absolute atomic E-state index is 0. The predicted octanol–water partition coefficient (Wildman–Crippen LogP) is 5.31. The summed E-state index contributed by atoms with van der Waals surface area (Å²) in [6.45, 7) is 4.84. The third kappa shape index (κ3) is 4.73. The Morgan fingerprint density at radius 1 is 1.23 bits per heavy atom. The number of pyridine rings is 1. The maximum Gasteiger partial charge on any atom is 0.254 e. The van der Waals surface area contributed by atoms with Crippen molar-refractivity contribution >= 4 is 16.9 Å². The van der Waals surface area contributed by atoms with Crippen molar-refractivity contribution in [3.63, 3.8) is 0 Å². The van der Waals surface area contributed by atoms with Crippen molar-refractivity contribution in [2.24, 2.45) is 0 Å². The van der Waals surface area contributed by atoms with E-state index in [1.165, 1.54) is 19.3 Å². The van der Waals surface area contributed by atoms with E-state index in [2.05, 4.69) is 33.3 Å². The van der Waals surface area contributed by atoms with E-state index in [9.17, 15) is 4.79 Å². The van der Waals surface area contributed by atoms with Gasteiger partial charge in [0.1, 0.15) is 11.3 Å². The fraction of sp³-hybridized carbons (Fsp3) is 0.480. The van der Waals surface area contributed by atoms with Gasteiger partial charge in [-0.1, -0.05) is 32.8 Å². The Kier molecular flexibility index (Phi) is 7.31. The van der Waals surface area contributed by atoms with Gasteiger partial charge in [0.25, 0.3) is 5.91 Å². The van der Waals surface area contributed by atoms with Gasteiger partial charge in [0, 0.05) is 29.4 Å². The van der Waals surface area contributed by atoms with E-state index in [0.29, 0.717) is 18.2 Å². The van der Waals surface area contributed by atoms with Crippen LogP contribution >= 0.6 is 0 Å². The molecular formula is C25H34N4O2. The van der Waals surface area contributed by atoms with Crippen molar-refractivity contribution in [2.75, 3.05) is 7.11 Å². The Bertz CT molecular complexity index is 1020. The summed E-state index contributed by atoms with van der Waals surface area (Å²) in [6, 6.07) is 8.28. The molecule has 0 atom stereocenters. The Morgan fingerprint density at radius 2 is 2.00 bits per heavy atom. The first-order valence-corrected chi connectivity index (χ1v) is 10.8. The van der Waals surface area contributed by atoms with Crippen molar-refractivity contribution in [3.8, 4) is 5.75 Å². The average molecular weight is 423 g/mol. The molecule has 2 heterocycles. The molecule has 6 nitrogen and oxygen atoms in total. The third-order valence-electron chi connectivity index (χ3n) is 6.06. The molecule has 2 aromatic heterocycles. The minimum atomic E-state index is 0. The quantitative estimate of drug-likeness (QED) is 0.540. The number of hydrogen-bond acceptors (Lipinski definition) is 4. The number of aromatic nitrogens is 3. The average Bonchev–Trinajstić information content (AvgIpc) is 3.17. The number of imidazole rings is 1. The molecule has 6 heteroatoms. The number of hydrogen-bond donors (Lipinski definition) is 0. The third-order valence-corrected chi connectivity index (χ3v) is 6.06. The van der Waals surface area contributed by atoms with Gasteiger partial charge in [0.15, 0.2) is 0 Å². The normalized spacial score (nSPS) is 14.5. The molecule has 1 aromatic carbocycles. The summed E-state index contributed by atoms with van der Waals surface area (Å²) in [5.74, 6) is 0.824. The first-order chi connectivity index (χ1) is 14.6. The zero-order chi connectivity index (χ0) is 21.1. The van der Waals surface area contributed by atoms with Crippen molar-refractivity contribution in [1.29, 1.82) is 0 Å². The van der Waals surface area contributed by atoms with E-state index in [1.54, 1.807) is 19.5 Å². The van der Waals surface area contributed by atoms with Gasteiger partial charge in [-0.3, -0.25) is 9.78 Å². The second-order valence-corrected chi connectivity index (χ2v) is 8.36. The van der Waals surface area contributed by atoms with Gasteiger partial charge in [-0.15, -0.1) is 0 Å². The number of fused-ring (bicyclic) bond motifs is 1.